The number of piperazine rings is 1. The number of carbonyl (C=O) groups is 1. The molecule has 0 aliphatic carbocycles. The topological polar surface area (TPSA) is 54.0 Å². The second-order valence-corrected chi connectivity index (χ2v) is 6.63. The minimum atomic E-state index is -0.0974. The summed E-state index contributed by atoms with van der Waals surface area (Å²) in [5.74, 6) is 1.32. The zero-order valence-electron chi connectivity index (χ0n) is 16.0. The highest BCUT2D eigenvalue weighted by Gasteiger charge is 2.16. The van der Waals surface area contributed by atoms with Crippen LogP contribution in [0.25, 0.3) is 0 Å². The first-order valence-corrected chi connectivity index (χ1v) is 9.25. The number of likely N-dealkylation sites (N-methyl/N-ethyl adjacent to an activating group) is 1. The van der Waals surface area contributed by atoms with E-state index in [1.54, 1.807) is 7.11 Å². The maximum Gasteiger partial charge on any atom is 0.227 e. The second-order valence-electron chi connectivity index (χ2n) is 6.63. The Kier molecular flexibility index (Phi) is 6.54. The van der Waals surface area contributed by atoms with Crippen molar-refractivity contribution in [1.82, 2.24) is 4.90 Å². The van der Waals surface area contributed by atoms with Gasteiger partial charge in [-0.1, -0.05) is 18.2 Å². The van der Waals surface area contributed by atoms with Crippen molar-refractivity contribution in [3.05, 3.63) is 48.5 Å². The standard InChI is InChI=1S/C21H27N3O3/c1-23-11-13-24(14-12-23)17-8-9-20(26-2)19(16-17)22-21(25)10-15-27-18-6-4-3-5-7-18/h3-9,16H,10-15H2,1-2H3,(H,22,25). The average Bonchev–Trinajstić information content (AvgIpc) is 2.69. The SMILES string of the molecule is COc1ccc(N2CCN(C)CC2)cc1NC(=O)CCOc1ccccc1. The molecule has 1 amide bonds. The van der Waals surface area contributed by atoms with Crippen LogP contribution in [-0.4, -0.2) is 57.8 Å². The van der Waals surface area contributed by atoms with E-state index in [1.807, 2.05) is 48.5 Å². The van der Waals surface area contributed by atoms with Crippen molar-refractivity contribution < 1.29 is 14.3 Å². The molecule has 6 nitrogen and oxygen atoms in total. The number of hydrogen-bond acceptors (Lipinski definition) is 5. The summed E-state index contributed by atoms with van der Waals surface area (Å²) in [4.78, 5) is 17.0. The van der Waals surface area contributed by atoms with Gasteiger partial charge in [0.2, 0.25) is 5.91 Å². The van der Waals surface area contributed by atoms with Gasteiger partial charge in [-0.15, -0.1) is 0 Å². The van der Waals surface area contributed by atoms with E-state index in [4.69, 9.17) is 9.47 Å². The van der Waals surface area contributed by atoms with Crippen LogP contribution in [-0.2, 0) is 4.79 Å². The molecule has 27 heavy (non-hydrogen) atoms. The Morgan fingerprint density at radius 3 is 2.52 bits per heavy atom. The van der Waals surface area contributed by atoms with E-state index >= 15 is 0 Å². The molecule has 144 valence electrons. The fraction of sp³-hybridized carbons (Fsp3) is 0.381. The van der Waals surface area contributed by atoms with Gasteiger partial charge < -0.3 is 24.6 Å². The van der Waals surface area contributed by atoms with Gasteiger partial charge in [-0.25, -0.2) is 0 Å². The summed E-state index contributed by atoms with van der Waals surface area (Å²) in [5.41, 5.74) is 1.79. The van der Waals surface area contributed by atoms with Crippen molar-refractivity contribution >= 4 is 17.3 Å². The molecule has 0 bridgehead atoms. The van der Waals surface area contributed by atoms with Crippen LogP contribution in [0.3, 0.4) is 0 Å². The quantitative estimate of drug-likeness (QED) is 0.813. The highest BCUT2D eigenvalue weighted by atomic mass is 16.5. The first-order valence-electron chi connectivity index (χ1n) is 9.25. The van der Waals surface area contributed by atoms with Gasteiger partial charge in [-0.3, -0.25) is 4.79 Å². The van der Waals surface area contributed by atoms with E-state index in [-0.39, 0.29) is 12.3 Å². The zero-order chi connectivity index (χ0) is 19.1. The molecule has 3 rings (SSSR count). The lowest BCUT2D eigenvalue weighted by molar-refractivity contribution is -0.116. The van der Waals surface area contributed by atoms with Crippen LogP contribution in [0.5, 0.6) is 11.5 Å². The van der Waals surface area contributed by atoms with Gasteiger partial charge in [-0.2, -0.15) is 0 Å². The lowest BCUT2D eigenvalue weighted by Gasteiger charge is -2.34. The Hall–Kier alpha value is -2.73. The third kappa shape index (κ3) is 5.37. The third-order valence-electron chi connectivity index (χ3n) is 4.67. The summed E-state index contributed by atoms with van der Waals surface area (Å²) in [6.45, 7) is 4.34. The first kappa shape index (κ1) is 19.0. The Morgan fingerprint density at radius 1 is 1.07 bits per heavy atom. The highest BCUT2D eigenvalue weighted by molar-refractivity contribution is 5.93. The van der Waals surface area contributed by atoms with Crippen molar-refractivity contribution in [2.45, 2.75) is 6.42 Å². The zero-order valence-corrected chi connectivity index (χ0v) is 16.0. The van der Waals surface area contributed by atoms with Crippen LogP contribution in [0, 0.1) is 0 Å². The van der Waals surface area contributed by atoms with Gasteiger partial charge in [0.15, 0.2) is 0 Å². The summed E-state index contributed by atoms with van der Waals surface area (Å²) < 4.78 is 11.0. The number of benzene rings is 2. The van der Waals surface area contributed by atoms with Crippen LogP contribution in [0.4, 0.5) is 11.4 Å². The molecule has 0 saturated carbocycles. The Bertz CT molecular complexity index is 744. The second kappa shape index (κ2) is 9.28. The minimum Gasteiger partial charge on any atom is -0.495 e. The molecule has 1 fully saturated rings. The van der Waals surface area contributed by atoms with E-state index in [0.717, 1.165) is 37.6 Å². The summed E-state index contributed by atoms with van der Waals surface area (Å²) in [5, 5.41) is 2.95. The molecule has 0 atom stereocenters. The molecule has 1 heterocycles. The number of rotatable bonds is 7. The molecule has 0 unspecified atom stereocenters. The van der Waals surface area contributed by atoms with Crippen molar-refractivity contribution in [3.63, 3.8) is 0 Å². The van der Waals surface area contributed by atoms with Crippen molar-refractivity contribution in [3.8, 4) is 11.5 Å². The number of nitrogens with zero attached hydrogens (tertiary/aromatic N) is 2. The molecule has 1 aliphatic heterocycles. The van der Waals surface area contributed by atoms with E-state index in [0.29, 0.717) is 18.0 Å². The predicted molar refractivity (Wildman–Crippen MR) is 108 cm³/mol. The van der Waals surface area contributed by atoms with Gasteiger partial charge in [0.1, 0.15) is 11.5 Å². The molecule has 1 aliphatic rings. The molecular formula is C21H27N3O3. The summed E-state index contributed by atoms with van der Waals surface area (Å²) in [7, 11) is 3.74. The third-order valence-corrected chi connectivity index (χ3v) is 4.67. The maximum atomic E-state index is 12.3. The number of anilines is 2. The number of amides is 1. The molecule has 0 aromatic heterocycles. The normalized spacial score (nSPS) is 14.7. The monoisotopic (exact) mass is 369 g/mol. The lowest BCUT2D eigenvalue weighted by Crippen LogP contribution is -2.44. The number of carbonyl (C=O) groups excluding carboxylic acids is 1. The number of hydrogen-bond donors (Lipinski definition) is 1. The first-order chi connectivity index (χ1) is 13.2. The predicted octanol–water partition coefficient (Wildman–Crippen LogP) is 2.85. The van der Waals surface area contributed by atoms with Crippen LogP contribution in [0.1, 0.15) is 6.42 Å². The van der Waals surface area contributed by atoms with Gasteiger partial charge in [0.25, 0.3) is 0 Å². The maximum absolute atomic E-state index is 12.3. The smallest absolute Gasteiger partial charge is 0.227 e. The van der Waals surface area contributed by atoms with Crippen LogP contribution < -0.4 is 19.7 Å². The van der Waals surface area contributed by atoms with Gasteiger partial charge in [0, 0.05) is 31.9 Å². The molecular weight excluding hydrogens is 342 g/mol. The van der Waals surface area contributed by atoms with Gasteiger partial charge in [-0.05, 0) is 37.4 Å². The Labute approximate surface area is 160 Å². The Balaban J connectivity index is 1.58. The van der Waals surface area contributed by atoms with E-state index < -0.39 is 0 Å². The number of methoxy groups -OCH3 is 1. The fourth-order valence-electron chi connectivity index (χ4n) is 3.05. The number of para-hydroxylation sites is 1. The van der Waals surface area contributed by atoms with Crippen LogP contribution >= 0.6 is 0 Å². The fourth-order valence-corrected chi connectivity index (χ4v) is 3.05. The molecule has 2 aromatic rings. The summed E-state index contributed by atoms with van der Waals surface area (Å²) >= 11 is 0. The average molecular weight is 369 g/mol. The van der Waals surface area contributed by atoms with Crippen molar-refractivity contribution in [2.75, 3.05) is 57.2 Å². The van der Waals surface area contributed by atoms with Crippen LogP contribution in [0.15, 0.2) is 48.5 Å². The van der Waals surface area contributed by atoms with E-state index in [2.05, 4.69) is 22.2 Å². The molecule has 0 radical (unpaired) electrons. The number of ether oxygens (including phenoxy) is 2. The Morgan fingerprint density at radius 2 is 1.81 bits per heavy atom. The van der Waals surface area contributed by atoms with Gasteiger partial charge >= 0.3 is 0 Å². The van der Waals surface area contributed by atoms with Crippen molar-refractivity contribution in [1.29, 1.82) is 0 Å². The van der Waals surface area contributed by atoms with E-state index in [9.17, 15) is 4.79 Å². The number of nitrogens with one attached hydrogen (secondary N) is 1. The van der Waals surface area contributed by atoms with Gasteiger partial charge in [0.05, 0.1) is 25.8 Å². The molecule has 6 heteroatoms. The molecule has 2 aromatic carbocycles. The summed E-state index contributed by atoms with van der Waals surface area (Å²) in [6, 6.07) is 15.4. The summed E-state index contributed by atoms with van der Waals surface area (Å²) in [6.07, 6.45) is 0.275. The molecule has 1 N–H and O–H groups in total. The largest absolute Gasteiger partial charge is 0.495 e. The van der Waals surface area contributed by atoms with Crippen LogP contribution in [0.2, 0.25) is 0 Å². The molecule has 1 saturated heterocycles. The lowest BCUT2D eigenvalue weighted by atomic mass is 10.2. The molecule has 0 spiro atoms. The highest BCUT2D eigenvalue weighted by Crippen LogP contribution is 2.30. The minimum absolute atomic E-state index is 0.0974. The van der Waals surface area contributed by atoms with Crippen molar-refractivity contribution in [2.24, 2.45) is 0 Å². The van der Waals surface area contributed by atoms with E-state index in [1.165, 1.54) is 0 Å².